The molecule has 6 heteroatoms. The van der Waals surface area contributed by atoms with Gasteiger partial charge in [-0.25, -0.2) is 9.59 Å². The van der Waals surface area contributed by atoms with Gasteiger partial charge in [0.1, 0.15) is 5.75 Å². The van der Waals surface area contributed by atoms with Crippen molar-refractivity contribution in [1.82, 2.24) is 5.32 Å². The van der Waals surface area contributed by atoms with E-state index in [1.807, 2.05) is 24.3 Å². The fraction of sp³-hybridized carbons (Fsp3) is 0.125. The smallest absolute Gasteiger partial charge is 0.335 e. The van der Waals surface area contributed by atoms with E-state index in [4.69, 9.17) is 9.84 Å². The molecule has 0 heterocycles. The summed E-state index contributed by atoms with van der Waals surface area (Å²) >= 11 is 0. The minimum atomic E-state index is -1.01. The van der Waals surface area contributed by atoms with Gasteiger partial charge in [0.15, 0.2) is 0 Å². The molecule has 2 aromatic carbocycles. The first-order valence-electron chi connectivity index (χ1n) is 6.60. The van der Waals surface area contributed by atoms with Crippen molar-refractivity contribution in [3.05, 3.63) is 59.7 Å². The van der Waals surface area contributed by atoms with E-state index in [0.29, 0.717) is 18.0 Å². The minimum Gasteiger partial charge on any atom is -0.496 e. The Balaban J connectivity index is 1.91. The molecule has 0 fully saturated rings. The molecule has 0 aliphatic rings. The summed E-state index contributed by atoms with van der Waals surface area (Å²) < 4.78 is 5.20. The van der Waals surface area contributed by atoms with Gasteiger partial charge in [-0.2, -0.15) is 0 Å². The lowest BCUT2D eigenvalue weighted by molar-refractivity contribution is 0.0697. The van der Waals surface area contributed by atoms with Crippen molar-refractivity contribution in [3.63, 3.8) is 0 Å². The van der Waals surface area contributed by atoms with Gasteiger partial charge in [0, 0.05) is 17.8 Å². The second-order valence-corrected chi connectivity index (χ2v) is 4.50. The number of urea groups is 1. The third kappa shape index (κ3) is 3.99. The molecule has 3 N–H and O–H groups in total. The van der Waals surface area contributed by atoms with Crippen molar-refractivity contribution in [1.29, 1.82) is 0 Å². The number of benzene rings is 2. The number of nitrogens with one attached hydrogen (secondary N) is 2. The summed E-state index contributed by atoms with van der Waals surface area (Å²) in [6, 6.07) is 12.9. The van der Waals surface area contributed by atoms with E-state index >= 15 is 0 Å². The number of anilines is 1. The number of carboxylic acid groups (broad SMARTS) is 1. The van der Waals surface area contributed by atoms with Crippen molar-refractivity contribution in [2.24, 2.45) is 0 Å². The third-order valence-corrected chi connectivity index (χ3v) is 3.02. The van der Waals surface area contributed by atoms with Gasteiger partial charge in [-0.15, -0.1) is 0 Å². The number of carboxylic acids is 1. The molecule has 0 atom stereocenters. The van der Waals surface area contributed by atoms with Crippen LogP contribution in [0.5, 0.6) is 5.75 Å². The number of para-hydroxylation sites is 1. The fourth-order valence-electron chi connectivity index (χ4n) is 1.90. The van der Waals surface area contributed by atoms with E-state index in [-0.39, 0.29) is 11.6 Å². The van der Waals surface area contributed by atoms with Gasteiger partial charge < -0.3 is 20.5 Å². The summed E-state index contributed by atoms with van der Waals surface area (Å²) in [7, 11) is 1.57. The van der Waals surface area contributed by atoms with Gasteiger partial charge in [-0.05, 0) is 30.3 Å². The number of rotatable bonds is 5. The van der Waals surface area contributed by atoms with Gasteiger partial charge in [0.05, 0.1) is 12.7 Å². The monoisotopic (exact) mass is 300 g/mol. The van der Waals surface area contributed by atoms with Gasteiger partial charge in [0.2, 0.25) is 0 Å². The SMILES string of the molecule is COc1ccccc1CNC(=O)Nc1ccc(C(=O)O)cc1. The molecular weight excluding hydrogens is 284 g/mol. The predicted molar refractivity (Wildman–Crippen MR) is 82.3 cm³/mol. The fourth-order valence-corrected chi connectivity index (χ4v) is 1.90. The Bertz CT molecular complexity index is 668. The summed E-state index contributed by atoms with van der Waals surface area (Å²) in [5.41, 5.74) is 1.55. The zero-order valence-electron chi connectivity index (χ0n) is 12.0. The Morgan fingerprint density at radius 1 is 1.09 bits per heavy atom. The molecule has 114 valence electrons. The Hall–Kier alpha value is -3.02. The van der Waals surface area contributed by atoms with E-state index < -0.39 is 5.97 Å². The van der Waals surface area contributed by atoms with Gasteiger partial charge >= 0.3 is 12.0 Å². The molecule has 2 amide bonds. The number of hydrogen-bond acceptors (Lipinski definition) is 3. The van der Waals surface area contributed by atoms with Crippen molar-refractivity contribution in [2.45, 2.75) is 6.54 Å². The summed E-state index contributed by atoms with van der Waals surface area (Å²) in [6.07, 6.45) is 0. The molecule has 0 aliphatic carbocycles. The van der Waals surface area contributed by atoms with Crippen LogP contribution in [0.2, 0.25) is 0 Å². The second kappa shape index (κ2) is 7.12. The van der Waals surface area contributed by atoms with Crippen LogP contribution in [0, 0.1) is 0 Å². The van der Waals surface area contributed by atoms with Crippen LogP contribution >= 0.6 is 0 Å². The zero-order chi connectivity index (χ0) is 15.9. The lowest BCUT2D eigenvalue weighted by atomic mass is 10.2. The van der Waals surface area contributed by atoms with Crippen LogP contribution in [0.3, 0.4) is 0 Å². The Labute approximate surface area is 127 Å². The topological polar surface area (TPSA) is 87.7 Å². The second-order valence-electron chi connectivity index (χ2n) is 4.50. The molecule has 0 saturated heterocycles. The Morgan fingerprint density at radius 2 is 1.77 bits per heavy atom. The summed E-state index contributed by atoms with van der Waals surface area (Å²) in [4.78, 5) is 22.6. The van der Waals surface area contributed by atoms with E-state index in [9.17, 15) is 9.59 Å². The van der Waals surface area contributed by atoms with Crippen LogP contribution in [0.15, 0.2) is 48.5 Å². The molecule has 0 saturated carbocycles. The standard InChI is InChI=1S/C16H16N2O4/c1-22-14-5-3-2-4-12(14)10-17-16(21)18-13-8-6-11(7-9-13)15(19)20/h2-9H,10H2,1H3,(H,19,20)(H2,17,18,21). The van der Waals surface area contributed by atoms with Crippen LogP contribution in [-0.2, 0) is 6.54 Å². The number of hydrogen-bond donors (Lipinski definition) is 3. The number of carbonyl (C=O) groups is 2. The maximum absolute atomic E-state index is 11.8. The van der Waals surface area contributed by atoms with E-state index in [2.05, 4.69) is 10.6 Å². The highest BCUT2D eigenvalue weighted by Crippen LogP contribution is 2.16. The first-order valence-corrected chi connectivity index (χ1v) is 6.60. The summed E-state index contributed by atoms with van der Waals surface area (Å²) in [5, 5.41) is 14.2. The molecular formula is C16H16N2O4. The zero-order valence-corrected chi connectivity index (χ0v) is 12.0. The number of amides is 2. The predicted octanol–water partition coefficient (Wildman–Crippen LogP) is 2.72. The molecule has 0 aliphatic heterocycles. The number of aromatic carboxylic acids is 1. The van der Waals surface area contributed by atoms with Crippen LogP contribution in [0.25, 0.3) is 0 Å². The molecule has 6 nitrogen and oxygen atoms in total. The molecule has 22 heavy (non-hydrogen) atoms. The molecule has 2 rings (SSSR count). The summed E-state index contributed by atoms with van der Waals surface area (Å²) in [6.45, 7) is 0.322. The van der Waals surface area contributed by atoms with Gasteiger partial charge in [-0.3, -0.25) is 0 Å². The highest BCUT2D eigenvalue weighted by Gasteiger charge is 2.06. The summed E-state index contributed by atoms with van der Waals surface area (Å²) in [5.74, 6) is -0.305. The number of ether oxygens (including phenoxy) is 1. The maximum atomic E-state index is 11.8. The molecule has 0 bridgehead atoms. The van der Waals surface area contributed by atoms with Crippen molar-refractivity contribution < 1.29 is 19.4 Å². The Kier molecular flexibility index (Phi) is 4.98. The van der Waals surface area contributed by atoms with E-state index in [0.717, 1.165) is 5.56 Å². The minimum absolute atomic E-state index is 0.167. The molecule has 0 unspecified atom stereocenters. The molecule has 0 aromatic heterocycles. The van der Waals surface area contributed by atoms with Crippen LogP contribution in [0.4, 0.5) is 10.5 Å². The highest BCUT2D eigenvalue weighted by atomic mass is 16.5. The van der Waals surface area contributed by atoms with Gasteiger partial charge in [-0.1, -0.05) is 18.2 Å². The quantitative estimate of drug-likeness (QED) is 0.792. The lowest BCUT2D eigenvalue weighted by Crippen LogP contribution is -2.28. The van der Waals surface area contributed by atoms with Crippen molar-refractivity contribution >= 4 is 17.7 Å². The number of methoxy groups -OCH3 is 1. The third-order valence-electron chi connectivity index (χ3n) is 3.02. The molecule has 0 spiro atoms. The highest BCUT2D eigenvalue weighted by molar-refractivity contribution is 5.91. The molecule has 0 radical (unpaired) electrons. The van der Waals surface area contributed by atoms with Crippen molar-refractivity contribution in [3.8, 4) is 5.75 Å². The number of carbonyl (C=O) groups excluding carboxylic acids is 1. The van der Waals surface area contributed by atoms with Crippen molar-refractivity contribution in [2.75, 3.05) is 12.4 Å². The van der Waals surface area contributed by atoms with Crippen LogP contribution in [-0.4, -0.2) is 24.2 Å². The lowest BCUT2D eigenvalue weighted by Gasteiger charge is -2.10. The average Bonchev–Trinajstić information content (AvgIpc) is 2.53. The van der Waals surface area contributed by atoms with E-state index in [1.165, 1.54) is 24.3 Å². The van der Waals surface area contributed by atoms with E-state index in [1.54, 1.807) is 7.11 Å². The normalized spacial score (nSPS) is 9.86. The average molecular weight is 300 g/mol. The first kappa shape index (κ1) is 15.4. The molecule has 2 aromatic rings. The van der Waals surface area contributed by atoms with Gasteiger partial charge in [0.25, 0.3) is 0 Å². The maximum Gasteiger partial charge on any atom is 0.335 e. The Morgan fingerprint density at radius 3 is 2.41 bits per heavy atom. The van der Waals surface area contributed by atoms with Crippen LogP contribution in [0.1, 0.15) is 15.9 Å². The largest absolute Gasteiger partial charge is 0.496 e. The first-order chi connectivity index (χ1) is 10.6. The van der Waals surface area contributed by atoms with Crippen LogP contribution < -0.4 is 15.4 Å².